The number of nitrogens with zero attached hydrogens (tertiary/aromatic N) is 4. The number of hydrogen-bond acceptors (Lipinski definition) is 12. The zero-order valence-corrected chi connectivity index (χ0v) is 56.7. The van der Waals surface area contributed by atoms with Crippen molar-refractivity contribution in [3.05, 3.63) is 265 Å². The van der Waals surface area contributed by atoms with Gasteiger partial charge in [-0.15, -0.1) is 22.7 Å². The van der Waals surface area contributed by atoms with Crippen LogP contribution in [0.3, 0.4) is 0 Å². The number of allylic oxidation sites excluding steroid dienone is 1. The van der Waals surface area contributed by atoms with Gasteiger partial charge in [0.1, 0.15) is 0 Å². The summed E-state index contributed by atoms with van der Waals surface area (Å²) >= 11 is 2.97. The number of aromatic nitrogens is 2. The maximum atomic E-state index is 13.8. The number of thiophene rings is 2. The van der Waals surface area contributed by atoms with Crippen LogP contribution >= 0.6 is 22.7 Å². The largest absolute Gasteiger partial charge is 0.397 e. The van der Waals surface area contributed by atoms with E-state index >= 15 is 0 Å². The fraction of sp³-hybridized carbons (Fsp3) is 0.129. The number of aliphatic hydroxyl groups is 1. The van der Waals surface area contributed by atoms with Crippen LogP contribution in [0.2, 0.25) is 0 Å². The summed E-state index contributed by atoms with van der Waals surface area (Å²) in [6, 6.07) is 52.5. The first-order valence-corrected chi connectivity index (χ1v) is 33.3. The summed E-state index contributed by atoms with van der Waals surface area (Å²) in [5, 5.41) is 7.57. The molecule has 30 heteroatoms. The van der Waals surface area contributed by atoms with Crippen molar-refractivity contribution in [3.63, 3.8) is 0 Å². The molecule has 10 aromatic rings. The maximum Gasteiger partial charge on any atom is 0.197 e. The zero-order chi connectivity index (χ0) is 72.2. The third kappa shape index (κ3) is 15.0. The van der Waals surface area contributed by atoms with Gasteiger partial charge in [-0.2, -0.15) is 0 Å². The Hall–Kier alpha value is -8.70. The number of anilines is 6. The molecule has 0 bridgehead atoms. The standard InChI is InChI=1S/C34H22F2N2O2S.C25H20N2OS.C9H4F2O2.C2H6O.B14/c1-34(2)26-13-21(38(19-9-5-3-6-10-19)20-11-7-4-8-12-20)18-37-30(26)33-27(34)15-22(41-33)14-25-31(39)23-16-28(35)29(36)17-24(23)32(25)40;1-25(2)21-13-19(15-26-23(21)24-22(25)14-20(16-28)29-24)27(17-9-5-3-6-10-17)18-11-7-4-8-12-18;10-6-1-4-5(2-7(6)11)9(13)3-8(4)12;1-2-3;1-9(2)13(10(3)4)14(11(5)6)12(7)8/h3-18H,1-2H3;3-16H,1-2H3;1-2H,3H2;3H,2H2,1H3;. The Balaban J connectivity index is 0.000000158. The topological polar surface area (TPSA) is 138 Å². The Morgan fingerprint density at radius 1 is 0.460 bits per heavy atom. The molecule has 4 heterocycles. The van der Waals surface area contributed by atoms with Gasteiger partial charge < -0.3 is 14.9 Å². The average molecular weight is 1340 g/mol. The number of halogens is 4. The Labute approximate surface area is 600 Å². The molecule has 0 saturated carbocycles. The van der Waals surface area contributed by atoms with Crippen molar-refractivity contribution >= 4 is 193 Å². The minimum atomic E-state index is -1.15. The predicted octanol–water partition coefficient (Wildman–Crippen LogP) is 11.8. The molecule has 4 aliphatic carbocycles. The van der Waals surface area contributed by atoms with Crippen LogP contribution < -0.4 is 9.80 Å². The molecule has 100 heavy (non-hydrogen) atoms. The van der Waals surface area contributed by atoms with E-state index in [1.807, 2.05) is 73.1 Å². The molecule has 0 saturated heterocycles. The summed E-state index contributed by atoms with van der Waals surface area (Å²) in [6.07, 6.45) is 1.90. The smallest absolute Gasteiger partial charge is 0.197 e. The highest BCUT2D eigenvalue weighted by Crippen LogP contribution is 2.55. The number of rotatable bonds is 13. The van der Waals surface area contributed by atoms with Gasteiger partial charge in [-0.05, 0) is 132 Å². The van der Waals surface area contributed by atoms with Gasteiger partial charge in [0.05, 0.1) is 61.8 Å². The molecule has 1 N–H and O–H groups in total. The summed E-state index contributed by atoms with van der Waals surface area (Å²) in [5.74, 6) is -6.57. The number of hydrogen-bond donors (Lipinski definition) is 1. The molecule has 0 fully saturated rings. The van der Waals surface area contributed by atoms with Crippen LogP contribution in [0.1, 0.15) is 119 Å². The summed E-state index contributed by atoms with van der Waals surface area (Å²) in [4.78, 5) is 76.9. The second-order valence-electron chi connectivity index (χ2n) is 25.0. The first-order chi connectivity index (χ1) is 47.6. The Morgan fingerprint density at radius 2 is 0.760 bits per heavy atom. The lowest BCUT2D eigenvalue weighted by Gasteiger charge is -2.34. The first-order valence-electron chi connectivity index (χ1n) is 31.7. The Kier molecular flexibility index (Phi) is 23.0. The van der Waals surface area contributed by atoms with E-state index in [0.717, 1.165) is 102 Å². The molecule has 10 nitrogen and oxygen atoms in total. The van der Waals surface area contributed by atoms with Crippen molar-refractivity contribution in [2.75, 3.05) is 16.4 Å². The highest BCUT2D eigenvalue weighted by atomic mass is 32.1. The Bertz CT molecular complexity index is 4580. The molecular formula is C70H52B14F4N4O6S2. The number of carbonyl (C=O) groups is 5. The van der Waals surface area contributed by atoms with Gasteiger partial charge in [0.2, 0.25) is 0 Å². The summed E-state index contributed by atoms with van der Waals surface area (Å²) < 4.78 is 52.8. The number of fused-ring (bicyclic) bond motifs is 8. The number of aliphatic hydroxyl groups excluding tert-OH is 1. The van der Waals surface area contributed by atoms with E-state index in [0.29, 0.717) is 4.88 Å². The molecule has 4 aromatic heterocycles. The van der Waals surface area contributed by atoms with E-state index in [1.54, 1.807) is 6.92 Å². The third-order valence-electron chi connectivity index (χ3n) is 17.6. The summed E-state index contributed by atoms with van der Waals surface area (Å²) in [5.41, 5.74) is 11.7. The van der Waals surface area contributed by atoms with E-state index in [2.05, 4.69) is 122 Å². The second kappa shape index (κ2) is 31.0. The summed E-state index contributed by atoms with van der Waals surface area (Å²) in [7, 11) is 44.1. The molecule has 470 valence electrons. The number of carbonyl (C=O) groups excluding carboxylic acids is 5. The lowest BCUT2D eigenvalue weighted by atomic mass is 8.47. The molecule has 0 spiro atoms. The zero-order valence-electron chi connectivity index (χ0n) is 55.1. The van der Waals surface area contributed by atoms with Gasteiger partial charge in [0, 0.05) is 168 Å². The van der Waals surface area contributed by atoms with Crippen molar-refractivity contribution in [2.45, 2.75) is 51.9 Å². The van der Waals surface area contributed by atoms with Gasteiger partial charge in [-0.1, -0.05) is 100 Å². The molecule has 0 atom stereocenters. The fourth-order valence-corrected chi connectivity index (χ4v) is 15.1. The fourth-order valence-electron chi connectivity index (χ4n) is 12.7. The van der Waals surface area contributed by atoms with Crippen LogP contribution in [0.15, 0.2) is 188 Å². The van der Waals surface area contributed by atoms with Crippen molar-refractivity contribution < 1.29 is 46.6 Å². The van der Waals surface area contributed by atoms with E-state index in [4.69, 9.17) is 77.0 Å². The minimum Gasteiger partial charge on any atom is -0.397 e. The van der Waals surface area contributed by atoms with Crippen molar-refractivity contribution in [2.24, 2.45) is 0 Å². The number of pyridine rings is 2. The minimum absolute atomic E-state index is 0.0103. The highest BCUT2D eigenvalue weighted by molar-refractivity contribution is 8.10. The SMILES string of the molecule is CC1(C)c2cc(N(c3ccccc3)c3ccccc3)cnc2-c2sc(C=C3C(=O)c4cc(F)c(F)cc4C3=O)cc21.CC1(C)c2cc(N(c3ccccc3)c3ccccc3)cnc2-c2sc(C=O)cc21.CCO.O=C1CC(=O)c2cc(F)c(F)cc21.[B]B([B])B(B([B])[B])B(B([B])[B])B([B])[B]. The van der Waals surface area contributed by atoms with Crippen LogP contribution in [0.4, 0.5) is 51.7 Å². The van der Waals surface area contributed by atoms with Crippen LogP contribution in [-0.4, -0.2) is 151 Å². The molecular weight excluding hydrogens is 1280 g/mol. The number of aldehydes is 1. The summed E-state index contributed by atoms with van der Waals surface area (Å²) in [6.45, 7) is 10.6. The van der Waals surface area contributed by atoms with Gasteiger partial charge in [-0.25, -0.2) is 17.6 Å². The van der Waals surface area contributed by atoms with Crippen LogP contribution in [-0.2, 0) is 10.8 Å². The van der Waals surface area contributed by atoms with Crippen LogP contribution in [0.5, 0.6) is 0 Å². The molecule has 14 rings (SSSR count). The van der Waals surface area contributed by atoms with E-state index < -0.39 is 84.7 Å². The molecule has 4 aliphatic rings. The molecule has 0 unspecified atom stereocenters. The van der Waals surface area contributed by atoms with Gasteiger partial charge in [0.15, 0.2) is 52.7 Å². The second-order valence-corrected chi connectivity index (χ2v) is 27.2. The monoisotopic (exact) mass is 1340 g/mol. The van der Waals surface area contributed by atoms with Crippen molar-refractivity contribution in [3.8, 4) is 21.1 Å². The Morgan fingerprint density at radius 3 is 1.07 bits per heavy atom. The third-order valence-corrected chi connectivity index (χ3v) is 19.7. The van der Waals surface area contributed by atoms with E-state index in [1.165, 1.54) is 39.9 Å². The highest BCUT2D eigenvalue weighted by Gasteiger charge is 2.42. The van der Waals surface area contributed by atoms with Crippen LogP contribution in [0, 0.1) is 23.3 Å². The van der Waals surface area contributed by atoms with E-state index in [-0.39, 0.29) is 51.7 Å². The van der Waals surface area contributed by atoms with Crippen molar-refractivity contribution in [1.29, 1.82) is 0 Å². The van der Waals surface area contributed by atoms with Gasteiger partial charge in [-0.3, -0.25) is 33.9 Å². The normalized spacial score (nSPS) is 13.3. The van der Waals surface area contributed by atoms with Crippen LogP contribution in [0.25, 0.3) is 27.2 Å². The molecule has 6 aromatic carbocycles. The van der Waals surface area contributed by atoms with Crippen molar-refractivity contribution in [1.82, 2.24) is 9.97 Å². The van der Waals surface area contributed by atoms with Gasteiger partial charge >= 0.3 is 0 Å². The lowest BCUT2D eigenvalue weighted by Crippen LogP contribution is -2.72. The number of ketones is 4. The molecule has 0 aliphatic heterocycles. The quantitative estimate of drug-likeness (QED) is 0.0297. The maximum absolute atomic E-state index is 13.8. The average Bonchev–Trinajstić information content (AvgIpc) is 1.57. The number of Topliss-reactive ketones (excluding diaryl/α,β-unsaturated/α-hetero) is 4. The number of para-hydroxylation sites is 4. The first kappa shape index (κ1) is 74.0. The number of benzene rings is 6. The van der Waals surface area contributed by atoms with Gasteiger partial charge in [0.25, 0.3) is 0 Å². The molecule has 0 amide bonds. The lowest BCUT2D eigenvalue weighted by molar-refractivity contribution is 0.0918. The predicted molar refractivity (Wildman–Crippen MR) is 410 cm³/mol. The molecule has 16 radical (unpaired) electrons. The van der Waals surface area contributed by atoms with E-state index in [9.17, 15) is 41.5 Å².